The molecule has 0 radical (unpaired) electrons. The minimum Gasteiger partial charge on any atom is -0.366 e. The van der Waals surface area contributed by atoms with E-state index in [0.717, 1.165) is 6.42 Å². The topological polar surface area (TPSA) is 32.8 Å². The van der Waals surface area contributed by atoms with Crippen molar-refractivity contribution in [1.82, 2.24) is 0 Å². The Morgan fingerprint density at radius 2 is 1.58 bits per heavy atom. The summed E-state index contributed by atoms with van der Waals surface area (Å²) in [6.45, 7) is 6.67. The summed E-state index contributed by atoms with van der Waals surface area (Å²) >= 11 is 0. The van der Waals surface area contributed by atoms with Crippen molar-refractivity contribution in [3.63, 3.8) is 0 Å². The van der Waals surface area contributed by atoms with Gasteiger partial charge in [0.1, 0.15) is 6.10 Å². The van der Waals surface area contributed by atoms with Gasteiger partial charge in [0.2, 0.25) is 0 Å². The van der Waals surface area contributed by atoms with E-state index in [0.29, 0.717) is 5.41 Å². The average molecular weight is 172 g/mol. The third-order valence-electron chi connectivity index (χ3n) is 3.44. The molecule has 0 aromatic rings. The Bertz CT molecular complexity index is 133. The van der Waals surface area contributed by atoms with E-state index in [9.17, 15) is 0 Å². The lowest BCUT2D eigenvalue weighted by molar-refractivity contribution is 0.154. The second-order valence-electron chi connectivity index (χ2n) is 3.83. The van der Waals surface area contributed by atoms with Gasteiger partial charge < -0.3 is 9.84 Å². The molecule has 1 heterocycles. The molecule has 2 heteroatoms. The molecule has 0 saturated carbocycles. The fraction of sp³-hybridized carbons (Fsp3) is 1.00. The number of aliphatic hydroxyl groups is 1. The van der Waals surface area contributed by atoms with E-state index in [1.54, 1.807) is 0 Å². The normalized spacial score (nSPS) is 29.0. The molecule has 72 valence electrons. The lowest BCUT2D eigenvalue weighted by Gasteiger charge is -2.29. The number of aliphatic hydroxyl groups excluding tert-OH is 1. The van der Waals surface area contributed by atoms with E-state index in [-0.39, 0.29) is 6.10 Å². The van der Waals surface area contributed by atoms with Gasteiger partial charge in [-0.15, -0.1) is 0 Å². The molecular weight excluding hydrogens is 152 g/mol. The van der Waals surface area contributed by atoms with Gasteiger partial charge in [0.25, 0.3) is 0 Å². The molecule has 0 aromatic heterocycles. The number of epoxide rings is 1. The largest absolute Gasteiger partial charge is 0.366 e. The molecule has 0 spiro atoms. The Morgan fingerprint density at radius 3 is 1.83 bits per heavy atom. The molecule has 1 aliphatic rings. The molecule has 2 atom stereocenters. The van der Waals surface area contributed by atoms with Crippen LogP contribution in [0.1, 0.15) is 46.5 Å². The summed E-state index contributed by atoms with van der Waals surface area (Å²) in [4.78, 5) is 0. The van der Waals surface area contributed by atoms with Gasteiger partial charge in [-0.05, 0) is 11.8 Å². The van der Waals surface area contributed by atoms with Crippen molar-refractivity contribution in [2.75, 3.05) is 0 Å². The maximum Gasteiger partial charge on any atom is 0.181 e. The highest BCUT2D eigenvalue weighted by Crippen LogP contribution is 2.40. The molecule has 0 aliphatic carbocycles. The molecule has 1 N–H and O–H groups in total. The quantitative estimate of drug-likeness (QED) is 0.645. The summed E-state index contributed by atoms with van der Waals surface area (Å²) in [5.41, 5.74) is 0.405. The van der Waals surface area contributed by atoms with Gasteiger partial charge in [-0.2, -0.15) is 0 Å². The molecule has 1 aliphatic heterocycles. The first-order chi connectivity index (χ1) is 5.67. The molecule has 1 saturated heterocycles. The van der Waals surface area contributed by atoms with Gasteiger partial charge in [0, 0.05) is 0 Å². The first kappa shape index (κ1) is 10.0. The predicted molar refractivity (Wildman–Crippen MR) is 48.8 cm³/mol. The summed E-state index contributed by atoms with van der Waals surface area (Å²) in [5.74, 6) is 0. The minimum atomic E-state index is -0.464. The van der Waals surface area contributed by atoms with E-state index in [2.05, 4.69) is 20.8 Å². The number of hydrogen-bond acceptors (Lipinski definition) is 2. The van der Waals surface area contributed by atoms with Crippen LogP contribution < -0.4 is 0 Å². The average Bonchev–Trinajstić information content (AvgIpc) is 2.78. The van der Waals surface area contributed by atoms with E-state index in [1.807, 2.05) is 0 Å². The van der Waals surface area contributed by atoms with Crippen LogP contribution in [0.15, 0.2) is 0 Å². The molecule has 0 bridgehead atoms. The van der Waals surface area contributed by atoms with Gasteiger partial charge in [0.15, 0.2) is 6.29 Å². The summed E-state index contributed by atoms with van der Waals surface area (Å²) in [6.07, 6.45) is 4.25. The van der Waals surface area contributed by atoms with Crippen molar-refractivity contribution >= 4 is 0 Å². The van der Waals surface area contributed by atoms with Crippen molar-refractivity contribution in [3.05, 3.63) is 0 Å². The smallest absolute Gasteiger partial charge is 0.181 e. The van der Waals surface area contributed by atoms with Gasteiger partial charge in [0.05, 0.1) is 0 Å². The van der Waals surface area contributed by atoms with Crippen LogP contribution in [0.2, 0.25) is 0 Å². The highest BCUT2D eigenvalue weighted by atomic mass is 16.7. The molecule has 1 fully saturated rings. The van der Waals surface area contributed by atoms with Crippen LogP contribution in [0, 0.1) is 5.41 Å². The van der Waals surface area contributed by atoms with E-state index < -0.39 is 6.29 Å². The monoisotopic (exact) mass is 172 g/mol. The van der Waals surface area contributed by atoms with E-state index in [1.165, 1.54) is 19.3 Å². The van der Waals surface area contributed by atoms with Crippen molar-refractivity contribution in [2.24, 2.45) is 5.41 Å². The highest BCUT2D eigenvalue weighted by Gasteiger charge is 2.42. The van der Waals surface area contributed by atoms with Crippen molar-refractivity contribution in [2.45, 2.75) is 58.8 Å². The second kappa shape index (κ2) is 3.75. The van der Waals surface area contributed by atoms with E-state index >= 15 is 0 Å². The third kappa shape index (κ3) is 1.99. The fourth-order valence-corrected chi connectivity index (χ4v) is 1.89. The zero-order valence-electron chi connectivity index (χ0n) is 8.34. The van der Waals surface area contributed by atoms with Gasteiger partial charge >= 0.3 is 0 Å². The van der Waals surface area contributed by atoms with Gasteiger partial charge in [-0.1, -0.05) is 40.0 Å². The van der Waals surface area contributed by atoms with Crippen LogP contribution in [0.3, 0.4) is 0 Å². The number of rotatable bonds is 5. The first-order valence-corrected chi connectivity index (χ1v) is 5.01. The van der Waals surface area contributed by atoms with Crippen LogP contribution in [-0.2, 0) is 4.74 Å². The second-order valence-corrected chi connectivity index (χ2v) is 3.83. The van der Waals surface area contributed by atoms with Crippen LogP contribution in [0.25, 0.3) is 0 Å². The Kier molecular flexibility index (Phi) is 3.13. The Labute approximate surface area is 74.9 Å². The van der Waals surface area contributed by atoms with E-state index in [4.69, 9.17) is 9.84 Å². The molecule has 0 amide bonds. The van der Waals surface area contributed by atoms with Crippen molar-refractivity contribution in [3.8, 4) is 0 Å². The van der Waals surface area contributed by atoms with Crippen LogP contribution in [0.5, 0.6) is 0 Å². The molecule has 12 heavy (non-hydrogen) atoms. The zero-order chi connectivity index (χ0) is 9.19. The fourth-order valence-electron chi connectivity index (χ4n) is 1.89. The summed E-state index contributed by atoms with van der Waals surface area (Å²) in [7, 11) is 0. The highest BCUT2D eigenvalue weighted by molar-refractivity contribution is 4.85. The summed E-state index contributed by atoms with van der Waals surface area (Å²) < 4.78 is 5.03. The zero-order valence-corrected chi connectivity index (χ0v) is 8.34. The van der Waals surface area contributed by atoms with Crippen LogP contribution in [-0.4, -0.2) is 17.5 Å². The van der Waals surface area contributed by atoms with Crippen molar-refractivity contribution < 1.29 is 9.84 Å². The number of ether oxygens (including phenoxy) is 1. The van der Waals surface area contributed by atoms with Crippen LogP contribution in [0.4, 0.5) is 0 Å². The first-order valence-electron chi connectivity index (χ1n) is 5.01. The number of hydrogen-bond donors (Lipinski definition) is 1. The minimum absolute atomic E-state index is 0.129. The molecule has 1 rings (SSSR count). The van der Waals surface area contributed by atoms with Crippen LogP contribution >= 0.6 is 0 Å². The summed E-state index contributed by atoms with van der Waals surface area (Å²) in [5, 5.41) is 9.05. The maximum absolute atomic E-state index is 9.05. The Morgan fingerprint density at radius 1 is 1.17 bits per heavy atom. The molecular formula is C10H20O2. The standard InChI is InChI=1S/C10H20O2/c1-4-10(5-2,6-3)7-8-9(11)12-8/h8-9,11H,4-7H2,1-3H3. The van der Waals surface area contributed by atoms with Crippen molar-refractivity contribution in [1.29, 1.82) is 0 Å². The maximum atomic E-state index is 9.05. The predicted octanol–water partition coefficient (Wildman–Crippen LogP) is 2.31. The lowest BCUT2D eigenvalue weighted by Crippen LogP contribution is -2.20. The summed E-state index contributed by atoms with van der Waals surface area (Å²) in [6, 6.07) is 0. The van der Waals surface area contributed by atoms with Gasteiger partial charge in [-0.3, -0.25) is 0 Å². The molecule has 2 nitrogen and oxygen atoms in total. The Balaban J connectivity index is 2.41. The SMILES string of the molecule is CCC(CC)(CC)CC1OC1O. The van der Waals surface area contributed by atoms with Gasteiger partial charge in [-0.25, -0.2) is 0 Å². The Hall–Kier alpha value is -0.0800. The molecule has 0 aromatic carbocycles. The third-order valence-corrected chi connectivity index (χ3v) is 3.44. The molecule has 2 unspecified atom stereocenters. The lowest BCUT2D eigenvalue weighted by atomic mass is 9.76.